The Bertz CT molecular complexity index is 618. The molecule has 1 aromatic heterocycles. The number of aromatic amines is 1. The number of fused-ring (bicyclic) bond motifs is 1. The van der Waals surface area contributed by atoms with Crippen molar-refractivity contribution in [2.75, 3.05) is 26.2 Å². The molecule has 1 saturated heterocycles. The number of nitrogens with one attached hydrogen (secondary N) is 2. The van der Waals surface area contributed by atoms with Gasteiger partial charge in [-0.05, 0) is 31.4 Å². The standard InChI is InChI=1S/C18H25N3.2ClH/c1-3-4-9-17(21-12-10-19-11-13-21)18-14(2)20-16-8-6-5-7-15(16)18;;/h3,5-8,17,19-20H,1,4,9-13H2,2H3;2*1H/t17-;;/m1../s1. The first-order valence-electron chi connectivity index (χ1n) is 7.94. The molecule has 0 unspecified atom stereocenters. The van der Waals surface area contributed by atoms with Crippen molar-refractivity contribution in [3.05, 3.63) is 48.2 Å². The molecule has 2 N–H and O–H groups in total. The highest BCUT2D eigenvalue weighted by Gasteiger charge is 2.25. The second kappa shape index (κ2) is 9.33. The normalized spacial score (nSPS) is 16.4. The van der Waals surface area contributed by atoms with Gasteiger partial charge in [0.2, 0.25) is 0 Å². The van der Waals surface area contributed by atoms with Gasteiger partial charge in [0, 0.05) is 48.8 Å². The Labute approximate surface area is 151 Å². The molecule has 23 heavy (non-hydrogen) atoms. The quantitative estimate of drug-likeness (QED) is 0.786. The molecule has 0 spiro atoms. The van der Waals surface area contributed by atoms with Crippen LogP contribution in [0, 0.1) is 6.92 Å². The molecule has 0 bridgehead atoms. The number of hydrogen-bond donors (Lipinski definition) is 2. The van der Waals surface area contributed by atoms with E-state index in [9.17, 15) is 0 Å². The smallest absolute Gasteiger partial charge is 0.0459 e. The lowest BCUT2D eigenvalue weighted by Crippen LogP contribution is -2.45. The SMILES string of the molecule is C=CCC[C@H](c1c(C)[nH]c2ccccc12)N1CCNCC1.Cl.Cl. The fraction of sp³-hybridized carbons (Fsp3) is 0.444. The number of aryl methyl sites for hydroxylation is 1. The summed E-state index contributed by atoms with van der Waals surface area (Å²) < 4.78 is 0. The van der Waals surface area contributed by atoms with Gasteiger partial charge in [0.15, 0.2) is 0 Å². The number of rotatable bonds is 5. The summed E-state index contributed by atoms with van der Waals surface area (Å²) in [6.45, 7) is 10.5. The van der Waals surface area contributed by atoms with Gasteiger partial charge in [0.1, 0.15) is 0 Å². The number of piperazine rings is 1. The predicted molar refractivity (Wildman–Crippen MR) is 104 cm³/mol. The maximum atomic E-state index is 3.91. The lowest BCUT2D eigenvalue weighted by molar-refractivity contribution is 0.166. The van der Waals surface area contributed by atoms with Crippen LogP contribution in [0.1, 0.15) is 30.1 Å². The fourth-order valence-electron chi connectivity index (χ4n) is 3.51. The highest BCUT2D eigenvalue weighted by Crippen LogP contribution is 2.34. The van der Waals surface area contributed by atoms with Crippen LogP contribution in [0.3, 0.4) is 0 Å². The van der Waals surface area contributed by atoms with Crippen LogP contribution in [0.2, 0.25) is 0 Å². The lowest BCUT2D eigenvalue weighted by Gasteiger charge is -2.35. The second-order valence-electron chi connectivity index (χ2n) is 5.88. The van der Waals surface area contributed by atoms with Crippen molar-refractivity contribution in [3.8, 4) is 0 Å². The third kappa shape index (κ3) is 4.30. The van der Waals surface area contributed by atoms with Crippen molar-refractivity contribution in [2.45, 2.75) is 25.8 Å². The van der Waals surface area contributed by atoms with Gasteiger partial charge < -0.3 is 10.3 Å². The molecule has 0 saturated carbocycles. The van der Waals surface area contributed by atoms with Crippen molar-refractivity contribution in [3.63, 3.8) is 0 Å². The summed E-state index contributed by atoms with van der Waals surface area (Å²) in [4.78, 5) is 6.18. The van der Waals surface area contributed by atoms with E-state index in [0.29, 0.717) is 6.04 Å². The van der Waals surface area contributed by atoms with Crippen LogP contribution in [0.15, 0.2) is 36.9 Å². The molecular formula is C18H27Cl2N3. The molecule has 1 atom stereocenters. The van der Waals surface area contributed by atoms with Gasteiger partial charge in [0.25, 0.3) is 0 Å². The van der Waals surface area contributed by atoms with Gasteiger partial charge in [-0.1, -0.05) is 24.3 Å². The molecule has 2 aromatic rings. The second-order valence-corrected chi connectivity index (χ2v) is 5.88. The molecule has 2 heterocycles. The van der Waals surface area contributed by atoms with E-state index < -0.39 is 0 Å². The fourth-order valence-corrected chi connectivity index (χ4v) is 3.51. The van der Waals surface area contributed by atoms with E-state index in [-0.39, 0.29) is 24.8 Å². The van der Waals surface area contributed by atoms with E-state index in [1.54, 1.807) is 0 Å². The predicted octanol–water partition coefficient (Wildman–Crippen LogP) is 4.23. The van der Waals surface area contributed by atoms with Gasteiger partial charge in [-0.15, -0.1) is 31.4 Å². The number of halogens is 2. The monoisotopic (exact) mass is 355 g/mol. The van der Waals surface area contributed by atoms with Crippen LogP contribution in [0.4, 0.5) is 0 Å². The summed E-state index contributed by atoms with van der Waals surface area (Å²) >= 11 is 0. The number of hydrogen-bond acceptors (Lipinski definition) is 2. The highest BCUT2D eigenvalue weighted by molar-refractivity contribution is 5.86. The first-order chi connectivity index (χ1) is 10.3. The van der Waals surface area contributed by atoms with Gasteiger partial charge in [-0.25, -0.2) is 0 Å². The highest BCUT2D eigenvalue weighted by atomic mass is 35.5. The Morgan fingerprint density at radius 2 is 1.91 bits per heavy atom. The number of allylic oxidation sites excluding steroid dienone is 1. The zero-order valence-electron chi connectivity index (χ0n) is 13.7. The van der Waals surface area contributed by atoms with Crippen LogP contribution in [-0.2, 0) is 0 Å². The minimum absolute atomic E-state index is 0. The Morgan fingerprint density at radius 3 is 2.61 bits per heavy atom. The van der Waals surface area contributed by atoms with Crippen molar-refractivity contribution < 1.29 is 0 Å². The largest absolute Gasteiger partial charge is 0.358 e. The third-order valence-electron chi connectivity index (χ3n) is 4.51. The van der Waals surface area contributed by atoms with Gasteiger partial charge in [-0.2, -0.15) is 0 Å². The number of benzene rings is 1. The Kier molecular flexibility index (Phi) is 8.13. The van der Waals surface area contributed by atoms with Crippen molar-refractivity contribution in [1.82, 2.24) is 15.2 Å². The van der Waals surface area contributed by atoms with Crippen molar-refractivity contribution in [2.24, 2.45) is 0 Å². The number of aromatic nitrogens is 1. The summed E-state index contributed by atoms with van der Waals surface area (Å²) in [6, 6.07) is 9.15. The van der Waals surface area contributed by atoms with E-state index in [4.69, 9.17) is 0 Å². The molecule has 0 radical (unpaired) electrons. The van der Waals surface area contributed by atoms with Gasteiger partial charge >= 0.3 is 0 Å². The molecule has 3 nitrogen and oxygen atoms in total. The zero-order chi connectivity index (χ0) is 14.7. The first kappa shape index (κ1) is 20.0. The Balaban J connectivity index is 0.00000132. The van der Waals surface area contributed by atoms with E-state index in [2.05, 4.69) is 53.0 Å². The summed E-state index contributed by atoms with van der Waals surface area (Å²) in [5, 5.41) is 4.83. The molecule has 1 aliphatic rings. The zero-order valence-corrected chi connectivity index (χ0v) is 15.3. The molecule has 0 amide bonds. The van der Waals surface area contributed by atoms with Gasteiger partial charge in [0.05, 0.1) is 0 Å². The minimum atomic E-state index is 0. The summed E-state index contributed by atoms with van der Waals surface area (Å²) in [5.41, 5.74) is 4.04. The Hall–Kier alpha value is -1.000. The van der Waals surface area contributed by atoms with Crippen molar-refractivity contribution >= 4 is 35.7 Å². The Morgan fingerprint density at radius 1 is 1.22 bits per heavy atom. The molecule has 0 aliphatic carbocycles. The first-order valence-corrected chi connectivity index (χ1v) is 7.94. The maximum Gasteiger partial charge on any atom is 0.0459 e. The van der Waals surface area contributed by atoms with E-state index in [1.165, 1.54) is 22.2 Å². The molecule has 1 aliphatic heterocycles. The number of nitrogens with zero attached hydrogens (tertiary/aromatic N) is 1. The number of para-hydroxylation sites is 1. The molecular weight excluding hydrogens is 329 g/mol. The molecule has 1 fully saturated rings. The number of H-pyrrole nitrogens is 1. The third-order valence-corrected chi connectivity index (χ3v) is 4.51. The van der Waals surface area contributed by atoms with Crippen LogP contribution in [0.25, 0.3) is 10.9 Å². The lowest BCUT2D eigenvalue weighted by atomic mass is 9.96. The van der Waals surface area contributed by atoms with Crippen LogP contribution in [0.5, 0.6) is 0 Å². The maximum absolute atomic E-state index is 3.91. The van der Waals surface area contributed by atoms with E-state index >= 15 is 0 Å². The van der Waals surface area contributed by atoms with E-state index in [1.807, 2.05) is 6.08 Å². The van der Waals surface area contributed by atoms with E-state index in [0.717, 1.165) is 39.0 Å². The molecule has 5 heteroatoms. The van der Waals surface area contributed by atoms with Crippen LogP contribution >= 0.6 is 24.8 Å². The average Bonchev–Trinajstić information content (AvgIpc) is 2.85. The van der Waals surface area contributed by atoms with Crippen LogP contribution in [-0.4, -0.2) is 36.1 Å². The molecule has 1 aromatic carbocycles. The summed E-state index contributed by atoms with van der Waals surface area (Å²) in [7, 11) is 0. The minimum Gasteiger partial charge on any atom is -0.358 e. The van der Waals surface area contributed by atoms with Gasteiger partial charge in [-0.3, -0.25) is 4.90 Å². The van der Waals surface area contributed by atoms with Crippen LogP contribution < -0.4 is 5.32 Å². The summed E-state index contributed by atoms with van der Waals surface area (Å²) in [6.07, 6.45) is 4.25. The average molecular weight is 356 g/mol. The molecule has 3 rings (SSSR count). The molecule has 128 valence electrons. The topological polar surface area (TPSA) is 31.1 Å². The van der Waals surface area contributed by atoms with Crippen molar-refractivity contribution in [1.29, 1.82) is 0 Å². The summed E-state index contributed by atoms with van der Waals surface area (Å²) in [5.74, 6) is 0.